The number of urea groups is 1. The van der Waals surface area contributed by atoms with Crippen molar-refractivity contribution in [1.29, 1.82) is 0 Å². The largest absolute Gasteiger partial charge is 0.324 e. The number of likely N-dealkylation sites (tertiary alicyclic amines) is 1. The second kappa shape index (κ2) is 7.27. The summed E-state index contributed by atoms with van der Waals surface area (Å²) < 4.78 is 0. The molecule has 3 rings (SSSR count). The summed E-state index contributed by atoms with van der Waals surface area (Å²) in [6, 6.07) is 6.82. The quantitative estimate of drug-likeness (QED) is 0.860. The van der Waals surface area contributed by atoms with Crippen LogP contribution in [0.1, 0.15) is 35.8 Å². The van der Waals surface area contributed by atoms with Gasteiger partial charge in [0.1, 0.15) is 5.82 Å². The number of hydrogen-bond donors (Lipinski definition) is 2. The van der Waals surface area contributed by atoms with Crippen LogP contribution >= 0.6 is 11.6 Å². The molecule has 2 aromatic rings. The van der Waals surface area contributed by atoms with E-state index in [1.165, 1.54) is 6.07 Å². The molecule has 132 valence electrons. The van der Waals surface area contributed by atoms with Gasteiger partial charge in [0, 0.05) is 35.8 Å². The fourth-order valence-corrected chi connectivity index (χ4v) is 3.33. The molecule has 1 fully saturated rings. The third kappa shape index (κ3) is 4.02. The summed E-state index contributed by atoms with van der Waals surface area (Å²) in [6.07, 6.45) is 1.79. The van der Waals surface area contributed by atoms with E-state index in [0.29, 0.717) is 29.6 Å². The van der Waals surface area contributed by atoms with E-state index in [4.69, 9.17) is 11.6 Å². The number of benzene rings is 1. The van der Waals surface area contributed by atoms with Crippen molar-refractivity contribution in [2.24, 2.45) is 0 Å². The topological polar surface area (TPSA) is 78.1 Å². The number of aromatic amines is 1. The van der Waals surface area contributed by atoms with Crippen LogP contribution in [0.25, 0.3) is 0 Å². The van der Waals surface area contributed by atoms with Gasteiger partial charge in [-0.1, -0.05) is 17.7 Å². The minimum Gasteiger partial charge on any atom is -0.324 e. The molecule has 0 radical (unpaired) electrons. The van der Waals surface area contributed by atoms with Gasteiger partial charge in [-0.05, 0) is 44.4 Å². The molecule has 1 aromatic carbocycles. The van der Waals surface area contributed by atoms with Crippen molar-refractivity contribution < 1.29 is 4.79 Å². The molecule has 1 atom stereocenters. The first-order valence-corrected chi connectivity index (χ1v) is 8.71. The molecule has 0 saturated carbocycles. The highest BCUT2D eigenvalue weighted by Crippen LogP contribution is 2.27. The highest BCUT2D eigenvalue weighted by Gasteiger charge is 2.26. The molecule has 6 nitrogen and oxygen atoms in total. The van der Waals surface area contributed by atoms with E-state index in [-0.39, 0.29) is 17.5 Å². The number of rotatable bonds is 2. The van der Waals surface area contributed by atoms with Gasteiger partial charge < -0.3 is 15.2 Å². The van der Waals surface area contributed by atoms with E-state index in [0.717, 1.165) is 24.1 Å². The van der Waals surface area contributed by atoms with Gasteiger partial charge in [0.05, 0.1) is 5.69 Å². The van der Waals surface area contributed by atoms with Crippen LogP contribution in [0, 0.1) is 13.8 Å². The van der Waals surface area contributed by atoms with Gasteiger partial charge in [-0.3, -0.25) is 4.79 Å². The summed E-state index contributed by atoms with van der Waals surface area (Å²) in [7, 11) is 0. The molecule has 2 amide bonds. The number of amides is 2. The average molecular weight is 361 g/mol. The Balaban J connectivity index is 1.73. The van der Waals surface area contributed by atoms with Crippen LogP contribution in [-0.4, -0.2) is 34.0 Å². The Bertz CT molecular complexity index is 849. The van der Waals surface area contributed by atoms with Crippen molar-refractivity contribution in [3.05, 3.63) is 56.7 Å². The fourth-order valence-electron chi connectivity index (χ4n) is 3.15. The molecule has 0 spiro atoms. The Hall–Kier alpha value is -2.34. The van der Waals surface area contributed by atoms with Crippen LogP contribution in [0.4, 0.5) is 10.5 Å². The number of carbonyl (C=O) groups is 1. The number of nitrogens with one attached hydrogen (secondary N) is 2. The van der Waals surface area contributed by atoms with Crippen molar-refractivity contribution in [3.8, 4) is 0 Å². The van der Waals surface area contributed by atoms with Crippen molar-refractivity contribution in [2.75, 3.05) is 18.4 Å². The molecule has 1 saturated heterocycles. The molecule has 0 aliphatic carbocycles. The summed E-state index contributed by atoms with van der Waals surface area (Å²) in [5.41, 5.74) is 2.15. The number of aryl methyl sites for hydroxylation is 1. The monoisotopic (exact) mass is 360 g/mol. The number of carbonyl (C=O) groups excluding carboxylic acids is 1. The molecule has 1 aliphatic rings. The zero-order chi connectivity index (χ0) is 18.0. The van der Waals surface area contributed by atoms with Crippen LogP contribution in [0.5, 0.6) is 0 Å². The maximum absolute atomic E-state index is 12.6. The lowest BCUT2D eigenvalue weighted by Gasteiger charge is -2.32. The normalized spacial score (nSPS) is 17.4. The SMILES string of the molecule is Cc1nc([C@@H]2CCCN(C(=O)Nc3cccc(Cl)c3C)C2)cc(=O)[nH]1. The standard InChI is InChI=1S/C18H21ClN4O2/c1-11-14(19)6-3-7-15(11)22-18(25)23-8-4-5-13(10-23)16-9-17(24)21-12(2)20-16/h3,6-7,9,13H,4-5,8,10H2,1-2H3,(H,22,25)(H,20,21,24)/t13-/m1/s1. The number of piperidine rings is 1. The lowest BCUT2D eigenvalue weighted by atomic mass is 9.94. The molecular formula is C18H21ClN4O2. The minimum atomic E-state index is -0.156. The second-order valence-electron chi connectivity index (χ2n) is 6.38. The first-order chi connectivity index (χ1) is 11.9. The molecule has 2 N–H and O–H groups in total. The summed E-state index contributed by atoms with van der Waals surface area (Å²) in [4.78, 5) is 33.2. The van der Waals surface area contributed by atoms with E-state index < -0.39 is 0 Å². The van der Waals surface area contributed by atoms with Crippen molar-refractivity contribution >= 4 is 23.3 Å². The maximum atomic E-state index is 12.6. The van der Waals surface area contributed by atoms with Gasteiger partial charge in [-0.2, -0.15) is 0 Å². The highest BCUT2D eigenvalue weighted by molar-refractivity contribution is 6.31. The first-order valence-electron chi connectivity index (χ1n) is 8.33. The summed E-state index contributed by atoms with van der Waals surface area (Å²) in [6.45, 7) is 4.87. The third-order valence-electron chi connectivity index (χ3n) is 4.52. The van der Waals surface area contributed by atoms with Gasteiger partial charge in [-0.15, -0.1) is 0 Å². The Morgan fingerprint density at radius 1 is 1.40 bits per heavy atom. The zero-order valence-electron chi connectivity index (χ0n) is 14.3. The van der Waals surface area contributed by atoms with E-state index >= 15 is 0 Å². The molecule has 7 heteroatoms. The molecule has 0 bridgehead atoms. The number of aromatic nitrogens is 2. The maximum Gasteiger partial charge on any atom is 0.321 e. The Morgan fingerprint density at radius 3 is 2.96 bits per heavy atom. The van der Waals surface area contributed by atoms with Crippen LogP contribution in [0.3, 0.4) is 0 Å². The van der Waals surface area contributed by atoms with Crippen molar-refractivity contribution in [3.63, 3.8) is 0 Å². The Labute approximate surface area is 151 Å². The van der Waals surface area contributed by atoms with Crippen molar-refractivity contribution in [1.82, 2.24) is 14.9 Å². The minimum absolute atomic E-state index is 0.0703. The van der Waals surface area contributed by atoms with E-state index in [9.17, 15) is 9.59 Å². The number of hydrogen-bond acceptors (Lipinski definition) is 3. The van der Waals surface area contributed by atoms with E-state index in [2.05, 4.69) is 15.3 Å². The van der Waals surface area contributed by atoms with Gasteiger partial charge >= 0.3 is 6.03 Å². The Kier molecular flexibility index (Phi) is 5.08. The van der Waals surface area contributed by atoms with Gasteiger partial charge in [-0.25, -0.2) is 9.78 Å². The molecule has 2 heterocycles. The van der Waals surface area contributed by atoms with Crippen molar-refractivity contribution in [2.45, 2.75) is 32.6 Å². The molecular weight excluding hydrogens is 340 g/mol. The number of nitrogens with zero attached hydrogens (tertiary/aromatic N) is 2. The predicted molar refractivity (Wildman–Crippen MR) is 98.4 cm³/mol. The second-order valence-corrected chi connectivity index (χ2v) is 6.79. The molecule has 0 unspecified atom stereocenters. The highest BCUT2D eigenvalue weighted by atomic mass is 35.5. The van der Waals surface area contributed by atoms with Gasteiger partial charge in [0.25, 0.3) is 5.56 Å². The smallest absolute Gasteiger partial charge is 0.321 e. The molecule has 1 aromatic heterocycles. The zero-order valence-corrected chi connectivity index (χ0v) is 15.1. The lowest BCUT2D eigenvalue weighted by Crippen LogP contribution is -2.42. The number of halogens is 1. The fraction of sp³-hybridized carbons (Fsp3) is 0.389. The number of H-pyrrole nitrogens is 1. The van der Waals surface area contributed by atoms with Gasteiger partial charge in [0.15, 0.2) is 0 Å². The molecule has 1 aliphatic heterocycles. The summed E-state index contributed by atoms with van der Waals surface area (Å²) in [5.74, 6) is 0.666. The van der Waals surface area contributed by atoms with Gasteiger partial charge in [0.2, 0.25) is 0 Å². The van der Waals surface area contributed by atoms with E-state index in [1.807, 2.05) is 19.1 Å². The third-order valence-corrected chi connectivity index (χ3v) is 4.93. The van der Waals surface area contributed by atoms with E-state index in [1.54, 1.807) is 17.9 Å². The molecule has 25 heavy (non-hydrogen) atoms. The summed E-state index contributed by atoms with van der Waals surface area (Å²) >= 11 is 6.11. The van der Waals surface area contributed by atoms with Crippen LogP contribution in [0.15, 0.2) is 29.1 Å². The lowest BCUT2D eigenvalue weighted by molar-refractivity contribution is 0.192. The van der Waals surface area contributed by atoms with Crippen LogP contribution < -0.4 is 10.9 Å². The van der Waals surface area contributed by atoms with Crippen LogP contribution in [-0.2, 0) is 0 Å². The summed E-state index contributed by atoms with van der Waals surface area (Å²) in [5, 5.41) is 3.55. The average Bonchev–Trinajstić information content (AvgIpc) is 2.58. The predicted octanol–water partition coefficient (Wildman–Crippen LogP) is 3.45. The number of anilines is 1. The first kappa shape index (κ1) is 17.5. The Morgan fingerprint density at radius 2 is 2.20 bits per heavy atom. The van der Waals surface area contributed by atoms with Crippen LogP contribution in [0.2, 0.25) is 5.02 Å².